The summed E-state index contributed by atoms with van der Waals surface area (Å²) in [6.07, 6.45) is 0. The summed E-state index contributed by atoms with van der Waals surface area (Å²) in [7, 11) is -3.35. The van der Waals surface area contributed by atoms with Crippen LogP contribution in [0.5, 0.6) is 0 Å². The van der Waals surface area contributed by atoms with Gasteiger partial charge in [0.25, 0.3) is 0 Å². The molecular formula is C8H10BrO3P. The van der Waals surface area contributed by atoms with Gasteiger partial charge in [-0.2, -0.15) is 0 Å². The molecule has 0 saturated heterocycles. The van der Waals surface area contributed by atoms with Crippen molar-refractivity contribution in [3.8, 4) is 0 Å². The van der Waals surface area contributed by atoms with Crippen LogP contribution in [0.1, 0.15) is 5.56 Å². The largest absolute Gasteiger partial charge is 0.325 e. The zero-order valence-electron chi connectivity index (χ0n) is 7.11. The summed E-state index contributed by atoms with van der Waals surface area (Å²) in [5, 5.41) is 0. The molecule has 5 heteroatoms. The molecule has 13 heavy (non-hydrogen) atoms. The van der Waals surface area contributed by atoms with Gasteiger partial charge in [-0.3, -0.25) is 4.57 Å². The molecule has 1 N–H and O–H groups in total. The van der Waals surface area contributed by atoms with Gasteiger partial charge in [-0.1, -0.05) is 28.1 Å². The average Bonchev–Trinajstić information content (AvgIpc) is 2.02. The van der Waals surface area contributed by atoms with E-state index in [1.807, 2.05) is 24.3 Å². The van der Waals surface area contributed by atoms with Gasteiger partial charge in [0.05, 0.1) is 6.61 Å². The standard InChI is InChI=1S/C8H10BrO3P/c1-13(10,11)12-6-7-2-4-8(9)5-3-7/h2-5H,6H2,1H3,(H,10,11). The molecule has 0 saturated carbocycles. The number of rotatable bonds is 3. The van der Waals surface area contributed by atoms with Crippen molar-refractivity contribution in [1.82, 2.24) is 0 Å². The fourth-order valence-electron chi connectivity index (χ4n) is 0.775. The van der Waals surface area contributed by atoms with Crippen molar-refractivity contribution in [2.24, 2.45) is 0 Å². The summed E-state index contributed by atoms with van der Waals surface area (Å²) in [5.41, 5.74) is 0.874. The van der Waals surface area contributed by atoms with Crippen LogP contribution in [-0.2, 0) is 15.7 Å². The van der Waals surface area contributed by atoms with Gasteiger partial charge < -0.3 is 9.42 Å². The van der Waals surface area contributed by atoms with E-state index in [9.17, 15) is 4.57 Å². The maximum atomic E-state index is 10.8. The topological polar surface area (TPSA) is 46.5 Å². The van der Waals surface area contributed by atoms with Crippen LogP contribution in [0.4, 0.5) is 0 Å². The van der Waals surface area contributed by atoms with E-state index in [0.29, 0.717) is 0 Å². The van der Waals surface area contributed by atoms with Crippen LogP contribution in [0, 0.1) is 0 Å². The summed E-state index contributed by atoms with van der Waals surface area (Å²) in [4.78, 5) is 8.86. The van der Waals surface area contributed by atoms with Crippen LogP contribution in [0.2, 0.25) is 0 Å². The van der Waals surface area contributed by atoms with E-state index < -0.39 is 7.60 Å². The van der Waals surface area contributed by atoms with Crippen LogP contribution >= 0.6 is 23.5 Å². The molecule has 0 radical (unpaired) electrons. The highest BCUT2D eigenvalue weighted by atomic mass is 79.9. The monoisotopic (exact) mass is 264 g/mol. The number of benzene rings is 1. The van der Waals surface area contributed by atoms with Crippen molar-refractivity contribution in [2.45, 2.75) is 6.61 Å². The molecule has 1 aromatic carbocycles. The first kappa shape index (κ1) is 10.9. The fraction of sp³-hybridized carbons (Fsp3) is 0.250. The molecule has 72 valence electrons. The van der Waals surface area contributed by atoms with Crippen LogP contribution in [0.3, 0.4) is 0 Å². The van der Waals surface area contributed by atoms with E-state index in [1.165, 1.54) is 6.66 Å². The molecule has 1 atom stereocenters. The highest BCUT2D eigenvalue weighted by Crippen LogP contribution is 2.37. The van der Waals surface area contributed by atoms with E-state index in [-0.39, 0.29) is 6.61 Å². The Hall–Kier alpha value is -0.150. The summed E-state index contributed by atoms with van der Waals surface area (Å²) < 4.78 is 16.5. The first-order valence-corrected chi connectivity index (χ1v) is 6.48. The first-order chi connectivity index (χ1) is 5.97. The molecule has 0 spiro atoms. The molecule has 0 aliphatic rings. The number of hydrogen-bond acceptors (Lipinski definition) is 2. The van der Waals surface area contributed by atoms with Crippen molar-refractivity contribution >= 4 is 23.5 Å². The quantitative estimate of drug-likeness (QED) is 0.855. The lowest BCUT2D eigenvalue weighted by Crippen LogP contribution is -1.89. The van der Waals surface area contributed by atoms with Crippen LogP contribution in [0.25, 0.3) is 0 Å². The van der Waals surface area contributed by atoms with Gasteiger partial charge in [0.15, 0.2) is 0 Å². The Morgan fingerprint density at radius 3 is 2.46 bits per heavy atom. The predicted molar refractivity (Wildman–Crippen MR) is 54.7 cm³/mol. The molecule has 3 nitrogen and oxygen atoms in total. The normalized spacial score (nSPS) is 15.3. The molecular weight excluding hydrogens is 255 g/mol. The second kappa shape index (κ2) is 4.38. The summed E-state index contributed by atoms with van der Waals surface area (Å²) in [6.45, 7) is 1.34. The molecule has 0 fully saturated rings. The van der Waals surface area contributed by atoms with E-state index in [0.717, 1.165) is 10.0 Å². The van der Waals surface area contributed by atoms with Crippen LogP contribution in [-0.4, -0.2) is 11.6 Å². The third kappa shape index (κ3) is 4.58. The number of hydrogen-bond donors (Lipinski definition) is 1. The molecule has 1 aromatic rings. The lowest BCUT2D eigenvalue weighted by molar-refractivity contribution is 0.255. The SMILES string of the molecule is CP(=O)(O)OCc1ccc(Br)cc1. The van der Waals surface area contributed by atoms with Crippen molar-refractivity contribution in [1.29, 1.82) is 0 Å². The summed E-state index contributed by atoms with van der Waals surface area (Å²) >= 11 is 3.29. The van der Waals surface area contributed by atoms with E-state index in [2.05, 4.69) is 15.9 Å². The van der Waals surface area contributed by atoms with Gasteiger partial charge in [-0.15, -0.1) is 0 Å². The predicted octanol–water partition coefficient (Wildman–Crippen LogP) is 2.78. The average molecular weight is 265 g/mol. The minimum absolute atomic E-state index is 0.164. The molecule has 0 aromatic heterocycles. The molecule has 1 unspecified atom stereocenters. The molecule has 0 amide bonds. The van der Waals surface area contributed by atoms with Gasteiger partial charge in [-0.05, 0) is 17.7 Å². The third-order valence-electron chi connectivity index (χ3n) is 1.38. The van der Waals surface area contributed by atoms with Gasteiger partial charge in [0.2, 0.25) is 0 Å². The maximum Gasteiger partial charge on any atom is 0.325 e. The molecule has 0 heterocycles. The third-order valence-corrected chi connectivity index (χ3v) is 2.52. The summed E-state index contributed by atoms with van der Waals surface area (Å²) in [5.74, 6) is 0. The minimum Gasteiger partial charge on any atom is -0.324 e. The lowest BCUT2D eigenvalue weighted by atomic mass is 10.2. The highest BCUT2D eigenvalue weighted by Gasteiger charge is 2.09. The van der Waals surface area contributed by atoms with Gasteiger partial charge >= 0.3 is 7.60 Å². The van der Waals surface area contributed by atoms with Crippen molar-refractivity contribution < 1.29 is 14.0 Å². The Bertz CT molecular complexity index is 317. The van der Waals surface area contributed by atoms with Crippen molar-refractivity contribution in [2.75, 3.05) is 6.66 Å². The van der Waals surface area contributed by atoms with Crippen molar-refractivity contribution in [3.63, 3.8) is 0 Å². The zero-order valence-corrected chi connectivity index (χ0v) is 9.59. The molecule has 0 aliphatic carbocycles. The van der Waals surface area contributed by atoms with E-state index >= 15 is 0 Å². The van der Waals surface area contributed by atoms with Crippen molar-refractivity contribution in [3.05, 3.63) is 34.3 Å². The van der Waals surface area contributed by atoms with Gasteiger partial charge in [-0.25, -0.2) is 0 Å². The van der Waals surface area contributed by atoms with Crippen LogP contribution in [0.15, 0.2) is 28.7 Å². The Labute approximate surface area is 85.4 Å². The lowest BCUT2D eigenvalue weighted by Gasteiger charge is -2.06. The Kier molecular flexibility index (Phi) is 3.68. The maximum absolute atomic E-state index is 10.8. The van der Waals surface area contributed by atoms with E-state index in [4.69, 9.17) is 9.42 Å². The molecule has 0 bridgehead atoms. The molecule has 1 rings (SSSR count). The Morgan fingerprint density at radius 2 is 2.00 bits per heavy atom. The Balaban J connectivity index is 2.56. The second-order valence-electron chi connectivity index (χ2n) is 2.70. The van der Waals surface area contributed by atoms with Gasteiger partial charge in [0, 0.05) is 11.1 Å². The fourth-order valence-corrected chi connectivity index (χ4v) is 1.43. The molecule has 0 aliphatic heterocycles. The number of halogens is 1. The van der Waals surface area contributed by atoms with Gasteiger partial charge in [0.1, 0.15) is 0 Å². The minimum atomic E-state index is -3.35. The van der Waals surface area contributed by atoms with Crippen LogP contribution < -0.4 is 0 Å². The van der Waals surface area contributed by atoms with E-state index in [1.54, 1.807) is 0 Å². The summed E-state index contributed by atoms with van der Waals surface area (Å²) in [6, 6.07) is 7.38. The first-order valence-electron chi connectivity index (χ1n) is 3.66. The zero-order chi connectivity index (χ0) is 9.90. The second-order valence-corrected chi connectivity index (χ2v) is 5.48. The Morgan fingerprint density at radius 1 is 1.46 bits per heavy atom. The smallest absolute Gasteiger partial charge is 0.324 e. The highest BCUT2D eigenvalue weighted by molar-refractivity contribution is 9.10.